The molecule has 0 aromatic heterocycles. The molecule has 1 aromatic rings. The van der Waals surface area contributed by atoms with Crippen molar-refractivity contribution >= 4 is 0 Å². The van der Waals surface area contributed by atoms with E-state index in [1.807, 2.05) is 18.2 Å². The summed E-state index contributed by atoms with van der Waals surface area (Å²) < 4.78 is 5.09. The summed E-state index contributed by atoms with van der Waals surface area (Å²) in [5.41, 5.74) is 8.95. The molecule has 88 valence electrons. The minimum atomic E-state index is -0.431. The van der Waals surface area contributed by atoms with Gasteiger partial charge in [-0.3, -0.25) is 5.32 Å². The number of ether oxygens (including phenoxy) is 1. The summed E-state index contributed by atoms with van der Waals surface area (Å²) in [6.45, 7) is 0.776. The van der Waals surface area contributed by atoms with Gasteiger partial charge in [0.15, 0.2) is 0 Å². The molecule has 0 radical (unpaired) electrons. The lowest BCUT2D eigenvalue weighted by atomic mass is 10.1. The molecule has 1 rings (SSSR count). The Morgan fingerprint density at radius 2 is 2.47 bits per heavy atom. The fourth-order valence-electron chi connectivity index (χ4n) is 1.36. The number of nitrogens with zero attached hydrogens (tertiary/aromatic N) is 4. The Labute approximate surface area is 99.4 Å². The number of hydrogen-bond donors (Lipinski definition) is 1. The zero-order valence-electron chi connectivity index (χ0n) is 9.50. The van der Waals surface area contributed by atoms with E-state index in [1.165, 1.54) is 0 Å². The maximum absolute atomic E-state index is 9.04. The largest absolute Gasteiger partial charge is 0.497 e. The highest BCUT2D eigenvalue weighted by atomic mass is 16.5. The van der Waals surface area contributed by atoms with Crippen molar-refractivity contribution in [1.82, 2.24) is 5.32 Å². The van der Waals surface area contributed by atoms with Gasteiger partial charge in [0.2, 0.25) is 0 Å². The highest BCUT2D eigenvalue weighted by Gasteiger charge is 2.09. The Bertz CT molecular complexity index is 447. The van der Waals surface area contributed by atoms with E-state index in [0.717, 1.165) is 5.56 Å². The SMILES string of the molecule is COc1cccc(C(C#N)NCCN=[N+]=[N-])c1. The topological polar surface area (TPSA) is 93.8 Å². The first-order valence-electron chi connectivity index (χ1n) is 5.09. The average molecular weight is 231 g/mol. The van der Waals surface area contributed by atoms with Crippen LogP contribution in [0, 0.1) is 11.3 Å². The van der Waals surface area contributed by atoms with Crippen LogP contribution in [0.25, 0.3) is 10.4 Å². The quantitative estimate of drug-likeness (QED) is 0.352. The highest BCUT2D eigenvalue weighted by molar-refractivity contribution is 5.32. The van der Waals surface area contributed by atoms with Crippen molar-refractivity contribution in [3.8, 4) is 11.8 Å². The zero-order valence-corrected chi connectivity index (χ0v) is 9.50. The van der Waals surface area contributed by atoms with E-state index in [4.69, 9.17) is 15.5 Å². The number of nitrogens with one attached hydrogen (secondary N) is 1. The monoisotopic (exact) mass is 231 g/mol. The van der Waals surface area contributed by atoms with Crippen LogP contribution in [0.3, 0.4) is 0 Å². The molecule has 0 aliphatic heterocycles. The van der Waals surface area contributed by atoms with Gasteiger partial charge < -0.3 is 4.74 Å². The lowest BCUT2D eigenvalue weighted by molar-refractivity contribution is 0.413. The van der Waals surface area contributed by atoms with Crippen molar-refractivity contribution in [2.24, 2.45) is 5.11 Å². The summed E-state index contributed by atoms with van der Waals surface area (Å²) >= 11 is 0. The van der Waals surface area contributed by atoms with E-state index in [0.29, 0.717) is 18.8 Å². The normalized spacial score (nSPS) is 11.1. The third kappa shape index (κ3) is 4.03. The van der Waals surface area contributed by atoms with E-state index in [9.17, 15) is 0 Å². The maximum atomic E-state index is 9.04. The molecule has 0 bridgehead atoms. The van der Waals surface area contributed by atoms with E-state index in [2.05, 4.69) is 21.4 Å². The number of hydrogen-bond acceptors (Lipinski definition) is 4. The van der Waals surface area contributed by atoms with Crippen molar-refractivity contribution in [2.75, 3.05) is 20.2 Å². The highest BCUT2D eigenvalue weighted by Crippen LogP contribution is 2.18. The van der Waals surface area contributed by atoms with Crippen LogP contribution in [0.4, 0.5) is 0 Å². The molecule has 6 nitrogen and oxygen atoms in total. The molecule has 0 spiro atoms. The smallest absolute Gasteiger partial charge is 0.121 e. The number of methoxy groups -OCH3 is 1. The minimum absolute atomic E-state index is 0.318. The molecule has 0 saturated heterocycles. The van der Waals surface area contributed by atoms with Gasteiger partial charge in [0, 0.05) is 18.0 Å². The van der Waals surface area contributed by atoms with Gasteiger partial charge in [-0.25, -0.2) is 0 Å². The van der Waals surface area contributed by atoms with Crippen LogP contribution in [0.1, 0.15) is 11.6 Å². The van der Waals surface area contributed by atoms with Crippen LogP contribution in [0.15, 0.2) is 29.4 Å². The Kier molecular flexibility index (Phi) is 5.38. The molecule has 0 fully saturated rings. The van der Waals surface area contributed by atoms with Gasteiger partial charge in [-0.05, 0) is 23.2 Å². The Balaban J connectivity index is 2.66. The summed E-state index contributed by atoms with van der Waals surface area (Å²) in [7, 11) is 1.58. The first-order valence-corrected chi connectivity index (χ1v) is 5.09. The third-order valence-electron chi connectivity index (χ3n) is 2.18. The molecule has 0 aliphatic carbocycles. The van der Waals surface area contributed by atoms with Gasteiger partial charge in [-0.15, -0.1) is 0 Å². The standard InChI is InChI=1S/C11H13N5O/c1-17-10-4-2-3-9(7-10)11(8-12)14-5-6-15-16-13/h2-4,7,11,14H,5-6H2,1H3. The van der Waals surface area contributed by atoms with Gasteiger partial charge in [0.1, 0.15) is 11.8 Å². The summed E-state index contributed by atoms with van der Waals surface area (Å²) in [5, 5.41) is 15.4. The second-order valence-corrected chi connectivity index (χ2v) is 3.25. The molecule has 17 heavy (non-hydrogen) atoms. The number of nitriles is 1. The first kappa shape index (κ1) is 12.8. The second-order valence-electron chi connectivity index (χ2n) is 3.25. The first-order chi connectivity index (χ1) is 8.31. The predicted molar refractivity (Wildman–Crippen MR) is 63.4 cm³/mol. The molecule has 0 aliphatic rings. The Morgan fingerprint density at radius 1 is 1.65 bits per heavy atom. The minimum Gasteiger partial charge on any atom is -0.497 e. The molecule has 1 unspecified atom stereocenters. The van der Waals surface area contributed by atoms with Gasteiger partial charge in [-0.1, -0.05) is 17.2 Å². The van der Waals surface area contributed by atoms with E-state index < -0.39 is 6.04 Å². The van der Waals surface area contributed by atoms with Crippen molar-refractivity contribution in [2.45, 2.75) is 6.04 Å². The van der Waals surface area contributed by atoms with Crippen LogP contribution >= 0.6 is 0 Å². The fraction of sp³-hybridized carbons (Fsp3) is 0.364. The van der Waals surface area contributed by atoms with Crippen LogP contribution in [0.2, 0.25) is 0 Å². The fourth-order valence-corrected chi connectivity index (χ4v) is 1.36. The van der Waals surface area contributed by atoms with Crippen molar-refractivity contribution in [3.63, 3.8) is 0 Å². The van der Waals surface area contributed by atoms with Crippen LogP contribution in [0.5, 0.6) is 5.75 Å². The lowest BCUT2D eigenvalue weighted by Crippen LogP contribution is -2.22. The van der Waals surface area contributed by atoms with Gasteiger partial charge in [0.25, 0.3) is 0 Å². The second kappa shape index (κ2) is 7.12. The maximum Gasteiger partial charge on any atom is 0.121 e. The number of rotatable bonds is 6. The average Bonchev–Trinajstić information content (AvgIpc) is 2.39. The molecule has 1 atom stereocenters. The summed E-state index contributed by atoms with van der Waals surface area (Å²) in [6, 6.07) is 9.00. The molecule has 0 amide bonds. The number of azide groups is 1. The molecule has 6 heteroatoms. The molecule has 0 heterocycles. The molecule has 1 aromatic carbocycles. The summed E-state index contributed by atoms with van der Waals surface area (Å²) in [5.74, 6) is 0.708. The van der Waals surface area contributed by atoms with Crippen molar-refractivity contribution in [1.29, 1.82) is 5.26 Å². The van der Waals surface area contributed by atoms with Crippen LogP contribution in [-0.2, 0) is 0 Å². The molecule has 0 saturated carbocycles. The molecule has 1 N–H and O–H groups in total. The summed E-state index contributed by atoms with van der Waals surface area (Å²) in [4.78, 5) is 2.64. The van der Waals surface area contributed by atoms with E-state index >= 15 is 0 Å². The van der Waals surface area contributed by atoms with Gasteiger partial charge in [-0.2, -0.15) is 5.26 Å². The van der Waals surface area contributed by atoms with Gasteiger partial charge in [0.05, 0.1) is 13.2 Å². The third-order valence-corrected chi connectivity index (χ3v) is 2.18. The molecular formula is C11H13N5O. The van der Waals surface area contributed by atoms with E-state index in [-0.39, 0.29) is 0 Å². The van der Waals surface area contributed by atoms with E-state index in [1.54, 1.807) is 13.2 Å². The van der Waals surface area contributed by atoms with Crippen molar-refractivity contribution < 1.29 is 4.74 Å². The van der Waals surface area contributed by atoms with Gasteiger partial charge >= 0.3 is 0 Å². The summed E-state index contributed by atoms with van der Waals surface area (Å²) in [6.07, 6.45) is 0. The van der Waals surface area contributed by atoms with Crippen LogP contribution in [-0.4, -0.2) is 20.2 Å². The van der Waals surface area contributed by atoms with Crippen LogP contribution < -0.4 is 10.1 Å². The van der Waals surface area contributed by atoms with Crippen molar-refractivity contribution in [3.05, 3.63) is 40.3 Å². The Hall–Kier alpha value is -2.22. The lowest BCUT2D eigenvalue weighted by Gasteiger charge is -2.11. The zero-order chi connectivity index (χ0) is 12.5. The Morgan fingerprint density at radius 3 is 3.12 bits per heavy atom. The predicted octanol–water partition coefficient (Wildman–Crippen LogP) is 2.16. The number of benzene rings is 1. The molecular weight excluding hydrogens is 218 g/mol.